The molecule has 0 aliphatic carbocycles. The summed E-state index contributed by atoms with van der Waals surface area (Å²) in [7, 11) is 0. The van der Waals surface area contributed by atoms with E-state index in [2.05, 4.69) is 15.3 Å². The zero-order chi connectivity index (χ0) is 28.6. The molecule has 10 heteroatoms. The molecule has 5 rings (SSSR count). The van der Waals surface area contributed by atoms with Crippen molar-refractivity contribution < 1.29 is 19.1 Å². The molecule has 2 atom stereocenters. The van der Waals surface area contributed by atoms with Crippen LogP contribution in [0.1, 0.15) is 53.8 Å². The first kappa shape index (κ1) is 27.2. The quantitative estimate of drug-likeness (QED) is 0.312. The first-order chi connectivity index (χ1) is 19.1. The van der Waals surface area contributed by atoms with Crippen molar-refractivity contribution in [3.63, 3.8) is 0 Å². The maximum Gasteiger partial charge on any atom is 0.336 e. The van der Waals surface area contributed by atoms with Crippen molar-refractivity contribution in [3.8, 4) is 22.4 Å². The van der Waals surface area contributed by atoms with Crippen LogP contribution in [0.4, 0.5) is 10.1 Å². The lowest BCUT2D eigenvalue weighted by Crippen LogP contribution is -2.27. The number of rotatable bonds is 3. The maximum absolute atomic E-state index is 14.3. The number of pyridine rings is 1. The van der Waals surface area contributed by atoms with Gasteiger partial charge in [-0.3, -0.25) is 19.1 Å². The molecule has 0 saturated carbocycles. The molecule has 40 heavy (non-hydrogen) atoms. The molecule has 2 aromatic heterocycles. The molecule has 2 aromatic carbocycles. The number of fused-ring (bicyclic) bond motifs is 4. The third-order valence-corrected chi connectivity index (χ3v) is 7.70. The van der Waals surface area contributed by atoms with E-state index in [1.165, 1.54) is 47.3 Å². The van der Waals surface area contributed by atoms with Crippen molar-refractivity contribution in [2.45, 2.75) is 39.2 Å². The number of nitrogens with one attached hydrogen (secondary N) is 1. The number of carboxylic acids is 1. The van der Waals surface area contributed by atoms with Crippen LogP contribution in [0, 0.1) is 18.7 Å². The van der Waals surface area contributed by atoms with Gasteiger partial charge in [0.1, 0.15) is 5.82 Å². The van der Waals surface area contributed by atoms with Gasteiger partial charge in [-0.25, -0.2) is 14.2 Å². The van der Waals surface area contributed by atoms with Gasteiger partial charge in [-0.15, -0.1) is 0 Å². The fourth-order valence-electron chi connectivity index (χ4n) is 5.07. The Balaban J connectivity index is 1.63. The summed E-state index contributed by atoms with van der Waals surface area (Å²) in [6, 6.07) is 11.4. The molecule has 1 aliphatic rings. The summed E-state index contributed by atoms with van der Waals surface area (Å²) in [5.74, 6) is -2.10. The molecular formula is C30H26ClFN4O4. The van der Waals surface area contributed by atoms with Crippen molar-refractivity contribution in [2.24, 2.45) is 5.92 Å². The maximum atomic E-state index is 14.3. The molecule has 0 saturated heterocycles. The summed E-state index contributed by atoms with van der Waals surface area (Å²) in [6.45, 7) is 3.50. The van der Waals surface area contributed by atoms with Crippen molar-refractivity contribution >= 4 is 29.2 Å². The van der Waals surface area contributed by atoms with E-state index in [0.29, 0.717) is 52.4 Å². The third kappa shape index (κ3) is 5.24. The first-order valence-electron chi connectivity index (χ1n) is 12.8. The van der Waals surface area contributed by atoms with E-state index in [4.69, 9.17) is 11.6 Å². The van der Waals surface area contributed by atoms with Gasteiger partial charge in [0, 0.05) is 40.0 Å². The highest BCUT2D eigenvalue weighted by Gasteiger charge is 2.24. The van der Waals surface area contributed by atoms with Crippen molar-refractivity contribution in [1.82, 2.24) is 14.5 Å². The number of amides is 1. The van der Waals surface area contributed by atoms with Crippen LogP contribution >= 0.6 is 11.6 Å². The summed E-state index contributed by atoms with van der Waals surface area (Å²) >= 11 is 6.26. The minimum atomic E-state index is -1.16. The number of nitrogens with zero attached hydrogens (tertiary/aromatic N) is 3. The lowest BCUT2D eigenvalue weighted by atomic mass is 9.95. The smallest absolute Gasteiger partial charge is 0.336 e. The normalized spacial score (nSPS) is 17.2. The van der Waals surface area contributed by atoms with E-state index in [1.54, 1.807) is 25.3 Å². The highest BCUT2D eigenvalue weighted by molar-refractivity contribution is 6.32. The molecule has 1 aliphatic heterocycles. The molecule has 2 bridgehead atoms. The zero-order valence-electron chi connectivity index (χ0n) is 21.8. The number of hydrogen-bond acceptors (Lipinski definition) is 5. The molecule has 0 fully saturated rings. The Morgan fingerprint density at radius 3 is 2.65 bits per heavy atom. The Morgan fingerprint density at radius 1 is 1.10 bits per heavy atom. The van der Waals surface area contributed by atoms with E-state index < -0.39 is 23.4 Å². The molecular weight excluding hydrogens is 535 g/mol. The fraction of sp³-hybridized carbons (Fsp3) is 0.233. The van der Waals surface area contributed by atoms with Crippen molar-refractivity contribution in [1.29, 1.82) is 0 Å². The lowest BCUT2D eigenvalue weighted by Gasteiger charge is -2.23. The second-order valence-electron chi connectivity index (χ2n) is 9.92. The van der Waals surface area contributed by atoms with Gasteiger partial charge in [0.2, 0.25) is 5.91 Å². The summed E-state index contributed by atoms with van der Waals surface area (Å²) in [5.41, 5.74) is 2.77. The van der Waals surface area contributed by atoms with Crippen LogP contribution in [-0.4, -0.2) is 31.5 Å². The van der Waals surface area contributed by atoms with Crippen LogP contribution in [0.25, 0.3) is 22.4 Å². The van der Waals surface area contributed by atoms with Crippen LogP contribution < -0.4 is 10.9 Å². The molecule has 204 valence electrons. The lowest BCUT2D eigenvalue weighted by molar-refractivity contribution is -0.119. The predicted molar refractivity (Wildman–Crippen MR) is 150 cm³/mol. The Bertz CT molecular complexity index is 1700. The largest absolute Gasteiger partial charge is 0.478 e. The third-order valence-electron chi connectivity index (χ3n) is 7.29. The summed E-state index contributed by atoms with van der Waals surface area (Å²) in [5, 5.41) is 13.0. The number of carboxylic acid groups (broad SMARTS) is 1. The van der Waals surface area contributed by atoms with Gasteiger partial charge in [-0.05, 0) is 73.4 Å². The number of benzene rings is 2. The van der Waals surface area contributed by atoms with Gasteiger partial charge in [0.25, 0.3) is 5.56 Å². The van der Waals surface area contributed by atoms with E-state index in [0.717, 1.165) is 0 Å². The number of carbonyl (C=O) groups is 2. The van der Waals surface area contributed by atoms with Gasteiger partial charge in [0.15, 0.2) is 0 Å². The van der Waals surface area contributed by atoms with Crippen molar-refractivity contribution in [3.05, 3.63) is 99.1 Å². The number of carbonyl (C=O) groups excluding carboxylic acids is 1. The van der Waals surface area contributed by atoms with Crippen LogP contribution in [0.3, 0.4) is 0 Å². The Hall–Kier alpha value is -4.37. The topological polar surface area (TPSA) is 114 Å². The zero-order valence-corrected chi connectivity index (χ0v) is 22.6. The molecule has 1 amide bonds. The second-order valence-corrected chi connectivity index (χ2v) is 10.3. The van der Waals surface area contributed by atoms with E-state index in [9.17, 15) is 23.9 Å². The Labute approximate surface area is 234 Å². The van der Waals surface area contributed by atoms with Crippen LogP contribution in [-0.2, 0) is 4.79 Å². The fourth-order valence-corrected chi connectivity index (χ4v) is 5.23. The average Bonchev–Trinajstić information content (AvgIpc) is 2.93. The number of halogens is 2. The second kappa shape index (κ2) is 11.0. The van der Waals surface area contributed by atoms with E-state index >= 15 is 0 Å². The summed E-state index contributed by atoms with van der Waals surface area (Å²) in [4.78, 5) is 47.3. The Kier molecular flexibility index (Phi) is 7.49. The van der Waals surface area contributed by atoms with E-state index in [1.807, 2.05) is 6.92 Å². The van der Waals surface area contributed by atoms with Gasteiger partial charge in [-0.2, -0.15) is 0 Å². The average molecular weight is 561 g/mol. The number of anilines is 1. The highest BCUT2D eigenvalue weighted by atomic mass is 35.5. The molecule has 2 N–H and O–H groups in total. The SMILES string of the molecule is Cc1c(Cl)ccc(C(=O)O)c1-c1cc(=O)n([C@H]2CCC[C@@H](C)C(=O)Nc3ccc(F)cc3-c3ccnc2c3)cn1. The van der Waals surface area contributed by atoms with Crippen LogP contribution in [0.2, 0.25) is 5.02 Å². The summed E-state index contributed by atoms with van der Waals surface area (Å²) < 4.78 is 15.7. The first-order valence-corrected chi connectivity index (χ1v) is 13.2. The van der Waals surface area contributed by atoms with Gasteiger partial charge >= 0.3 is 5.97 Å². The molecule has 0 spiro atoms. The molecule has 3 heterocycles. The van der Waals surface area contributed by atoms with Crippen LogP contribution in [0.15, 0.2) is 65.8 Å². The highest BCUT2D eigenvalue weighted by Crippen LogP contribution is 2.34. The minimum Gasteiger partial charge on any atom is -0.478 e. The molecule has 4 aromatic rings. The van der Waals surface area contributed by atoms with Gasteiger partial charge in [0.05, 0.1) is 29.3 Å². The molecule has 0 unspecified atom stereocenters. The van der Waals surface area contributed by atoms with Gasteiger partial charge < -0.3 is 10.4 Å². The standard InChI is InChI=1S/C30H26ClFN4O4/c1-16-4-3-5-26(24-12-18(10-11-33-24)21-13-19(32)6-9-23(21)35-29(16)38)36-15-34-25(14-27(36)37)28-17(2)22(31)8-7-20(28)30(39)40/h6-16,26H,3-5H2,1-2H3,(H,35,38)(H,39,40)/t16-,26+/m1/s1. The van der Waals surface area contributed by atoms with Crippen LogP contribution in [0.5, 0.6) is 0 Å². The van der Waals surface area contributed by atoms with Gasteiger partial charge in [-0.1, -0.05) is 24.9 Å². The predicted octanol–water partition coefficient (Wildman–Crippen LogP) is 6.12. The number of aromatic carboxylic acids is 1. The number of aromatic nitrogens is 3. The summed E-state index contributed by atoms with van der Waals surface area (Å²) in [6.07, 6.45) is 4.64. The monoisotopic (exact) mass is 560 g/mol. The number of hydrogen-bond donors (Lipinski definition) is 2. The molecule has 8 nitrogen and oxygen atoms in total. The van der Waals surface area contributed by atoms with E-state index in [-0.39, 0.29) is 28.6 Å². The Morgan fingerprint density at radius 2 is 1.90 bits per heavy atom. The van der Waals surface area contributed by atoms with Crippen molar-refractivity contribution in [2.75, 3.05) is 5.32 Å². The molecule has 0 radical (unpaired) electrons. The minimum absolute atomic E-state index is 0.00918.